The maximum atomic E-state index is 4.36. The van der Waals surface area contributed by atoms with Crippen LogP contribution in [0.1, 0.15) is 36.7 Å². The molecule has 1 aromatic heterocycles. The molecule has 2 nitrogen and oxygen atoms in total. The third-order valence-electron chi connectivity index (χ3n) is 2.27. The van der Waals surface area contributed by atoms with Crippen LogP contribution in [-0.4, -0.2) is 16.0 Å². The van der Waals surface area contributed by atoms with E-state index in [1.807, 2.05) is 11.8 Å². The van der Waals surface area contributed by atoms with Gasteiger partial charge in [-0.2, -0.15) is 16.9 Å². The quantitative estimate of drug-likeness (QED) is 0.722. The minimum atomic E-state index is 0.563. The van der Waals surface area contributed by atoms with Crippen molar-refractivity contribution in [3.05, 3.63) is 17.0 Å². The van der Waals surface area contributed by atoms with Gasteiger partial charge in [0.25, 0.3) is 0 Å². The van der Waals surface area contributed by atoms with Gasteiger partial charge in [0, 0.05) is 11.4 Å². The molecule has 2 heterocycles. The molecular formula is C9H14N2S. The molecule has 0 fully saturated rings. The molecule has 0 saturated heterocycles. The summed E-state index contributed by atoms with van der Waals surface area (Å²) in [6, 6.07) is 0. The van der Waals surface area contributed by atoms with E-state index >= 15 is 0 Å². The van der Waals surface area contributed by atoms with Crippen molar-refractivity contribution in [3.63, 3.8) is 0 Å². The van der Waals surface area contributed by atoms with Crippen LogP contribution < -0.4 is 0 Å². The maximum absolute atomic E-state index is 4.36. The molecule has 2 rings (SSSR count). The topological polar surface area (TPSA) is 28.7 Å². The summed E-state index contributed by atoms with van der Waals surface area (Å²) in [6.07, 6.45) is 1.20. The largest absolute Gasteiger partial charge is 0.281 e. The summed E-state index contributed by atoms with van der Waals surface area (Å²) < 4.78 is 0. The number of nitrogens with one attached hydrogen (secondary N) is 1. The van der Waals surface area contributed by atoms with E-state index in [1.54, 1.807) is 0 Å². The van der Waals surface area contributed by atoms with Crippen LogP contribution in [-0.2, 0) is 12.2 Å². The molecule has 0 saturated carbocycles. The number of hydrogen-bond acceptors (Lipinski definition) is 2. The van der Waals surface area contributed by atoms with Crippen LogP contribution in [0.5, 0.6) is 0 Å². The normalized spacial score (nSPS) is 16.6. The Morgan fingerprint density at radius 3 is 3.08 bits per heavy atom. The molecule has 3 heteroatoms. The van der Waals surface area contributed by atoms with Crippen LogP contribution in [0.3, 0.4) is 0 Å². The zero-order valence-electron chi connectivity index (χ0n) is 7.55. The van der Waals surface area contributed by atoms with Crippen LogP contribution in [0.4, 0.5) is 0 Å². The summed E-state index contributed by atoms with van der Waals surface area (Å²) in [5, 5.41) is 7.50. The van der Waals surface area contributed by atoms with E-state index in [2.05, 4.69) is 24.0 Å². The van der Waals surface area contributed by atoms with E-state index in [-0.39, 0.29) is 0 Å². The second-order valence-corrected chi connectivity index (χ2v) is 4.63. The standard InChI is InChI=1S/C9H14N2S/c1-6(2)9-7-3-4-12-5-8(7)10-11-9/h6H,3-5H2,1-2H3,(H,10,11). The summed E-state index contributed by atoms with van der Waals surface area (Å²) in [7, 11) is 0. The monoisotopic (exact) mass is 182 g/mol. The Kier molecular flexibility index (Phi) is 2.13. The number of H-pyrrole nitrogens is 1. The lowest BCUT2D eigenvalue weighted by Gasteiger charge is -2.12. The van der Waals surface area contributed by atoms with Crippen molar-refractivity contribution in [1.29, 1.82) is 0 Å². The van der Waals surface area contributed by atoms with Gasteiger partial charge in [0.1, 0.15) is 0 Å². The highest BCUT2D eigenvalue weighted by Gasteiger charge is 2.18. The zero-order chi connectivity index (χ0) is 8.55. The van der Waals surface area contributed by atoms with Crippen LogP contribution >= 0.6 is 11.8 Å². The predicted octanol–water partition coefficient (Wildman–Crippen LogP) is 2.32. The Balaban J connectivity index is 2.38. The Bertz CT molecular complexity index is 278. The van der Waals surface area contributed by atoms with Gasteiger partial charge >= 0.3 is 0 Å². The molecule has 1 aromatic rings. The number of rotatable bonds is 1. The van der Waals surface area contributed by atoms with E-state index in [0.717, 1.165) is 5.75 Å². The van der Waals surface area contributed by atoms with Gasteiger partial charge in [0.2, 0.25) is 0 Å². The molecule has 0 atom stereocenters. The number of hydrogen-bond donors (Lipinski definition) is 1. The predicted molar refractivity (Wildman–Crippen MR) is 52.5 cm³/mol. The molecule has 0 unspecified atom stereocenters. The third kappa shape index (κ3) is 1.26. The highest BCUT2D eigenvalue weighted by Crippen LogP contribution is 2.28. The number of aromatic amines is 1. The molecule has 0 aliphatic carbocycles. The first-order valence-corrected chi connectivity index (χ1v) is 5.58. The molecular weight excluding hydrogens is 168 g/mol. The Labute approximate surface area is 77.1 Å². The highest BCUT2D eigenvalue weighted by atomic mass is 32.2. The van der Waals surface area contributed by atoms with Crippen molar-refractivity contribution in [3.8, 4) is 0 Å². The Morgan fingerprint density at radius 1 is 1.50 bits per heavy atom. The Hall–Kier alpha value is -0.440. The van der Waals surface area contributed by atoms with Crippen molar-refractivity contribution in [2.24, 2.45) is 0 Å². The van der Waals surface area contributed by atoms with Gasteiger partial charge < -0.3 is 0 Å². The van der Waals surface area contributed by atoms with Crippen molar-refractivity contribution in [1.82, 2.24) is 10.2 Å². The van der Waals surface area contributed by atoms with Gasteiger partial charge in [0.05, 0.1) is 5.69 Å². The van der Waals surface area contributed by atoms with Crippen molar-refractivity contribution >= 4 is 11.8 Å². The molecule has 1 aliphatic heterocycles. The molecule has 0 aromatic carbocycles. The van der Waals surface area contributed by atoms with Gasteiger partial charge in [-0.25, -0.2) is 0 Å². The molecule has 12 heavy (non-hydrogen) atoms. The Morgan fingerprint density at radius 2 is 2.33 bits per heavy atom. The van der Waals surface area contributed by atoms with Gasteiger partial charge in [-0.3, -0.25) is 5.10 Å². The summed E-state index contributed by atoms with van der Waals surface area (Å²) in [5.41, 5.74) is 4.13. The minimum absolute atomic E-state index is 0.563. The summed E-state index contributed by atoms with van der Waals surface area (Å²) in [4.78, 5) is 0. The molecule has 0 spiro atoms. The average molecular weight is 182 g/mol. The molecule has 0 radical (unpaired) electrons. The molecule has 0 amide bonds. The van der Waals surface area contributed by atoms with E-state index in [0.29, 0.717) is 5.92 Å². The number of nitrogens with zero attached hydrogens (tertiary/aromatic N) is 1. The van der Waals surface area contributed by atoms with Crippen molar-refractivity contribution < 1.29 is 0 Å². The number of thioether (sulfide) groups is 1. The third-order valence-corrected chi connectivity index (χ3v) is 3.26. The maximum Gasteiger partial charge on any atom is 0.0682 e. The average Bonchev–Trinajstić information content (AvgIpc) is 2.47. The molecule has 1 aliphatic rings. The van der Waals surface area contributed by atoms with E-state index < -0.39 is 0 Å². The van der Waals surface area contributed by atoms with Crippen LogP contribution in [0.15, 0.2) is 0 Å². The molecule has 0 bridgehead atoms. The van der Waals surface area contributed by atoms with Gasteiger partial charge in [0.15, 0.2) is 0 Å². The van der Waals surface area contributed by atoms with Gasteiger partial charge in [-0.15, -0.1) is 0 Å². The highest BCUT2D eigenvalue weighted by molar-refractivity contribution is 7.98. The summed E-state index contributed by atoms with van der Waals surface area (Å²) in [6.45, 7) is 4.41. The summed E-state index contributed by atoms with van der Waals surface area (Å²) >= 11 is 1.99. The van der Waals surface area contributed by atoms with Gasteiger partial charge in [-0.1, -0.05) is 13.8 Å². The van der Waals surface area contributed by atoms with Crippen LogP contribution in [0.2, 0.25) is 0 Å². The first-order chi connectivity index (χ1) is 5.79. The summed E-state index contributed by atoms with van der Waals surface area (Å²) in [5.74, 6) is 2.94. The molecule has 1 N–H and O–H groups in total. The fourth-order valence-corrected chi connectivity index (χ4v) is 2.58. The van der Waals surface area contributed by atoms with Crippen molar-refractivity contribution in [2.75, 3.05) is 5.75 Å². The van der Waals surface area contributed by atoms with E-state index in [4.69, 9.17) is 0 Å². The zero-order valence-corrected chi connectivity index (χ0v) is 8.37. The lowest BCUT2D eigenvalue weighted by Crippen LogP contribution is -2.03. The second kappa shape index (κ2) is 3.13. The SMILES string of the molecule is CC(C)c1n[nH]c2c1CCSC2. The number of aromatic nitrogens is 2. The first-order valence-electron chi connectivity index (χ1n) is 4.43. The van der Waals surface area contributed by atoms with Gasteiger partial charge in [-0.05, 0) is 23.7 Å². The van der Waals surface area contributed by atoms with E-state index in [9.17, 15) is 0 Å². The second-order valence-electron chi connectivity index (χ2n) is 3.52. The number of fused-ring (bicyclic) bond motifs is 1. The van der Waals surface area contributed by atoms with E-state index in [1.165, 1.54) is 29.1 Å². The van der Waals surface area contributed by atoms with Crippen LogP contribution in [0, 0.1) is 0 Å². The molecule has 66 valence electrons. The smallest absolute Gasteiger partial charge is 0.0682 e. The van der Waals surface area contributed by atoms with Crippen LogP contribution in [0.25, 0.3) is 0 Å². The lowest BCUT2D eigenvalue weighted by atomic mass is 10.0. The fourth-order valence-electron chi connectivity index (χ4n) is 1.64. The lowest BCUT2D eigenvalue weighted by molar-refractivity contribution is 0.798. The first kappa shape index (κ1) is 8.17. The fraction of sp³-hybridized carbons (Fsp3) is 0.667. The minimum Gasteiger partial charge on any atom is -0.281 e. The van der Waals surface area contributed by atoms with Crippen molar-refractivity contribution in [2.45, 2.75) is 31.9 Å².